The maximum Gasteiger partial charge on any atom is 0.246 e. The third-order valence-corrected chi connectivity index (χ3v) is 12.2. The Labute approximate surface area is 257 Å². The Kier molecular flexibility index (Phi) is 6.65. The molecule has 7 rings (SSSR count). The largest absolute Gasteiger partial charge is 0.493 e. The number of carbonyl (C=O) groups excluding carboxylic acids is 1. The van der Waals surface area contributed by atoms with E-state index in [0.29, 0.717) is 37.2 Å². The molecular weight excluding hydrogens is 582 g/mol. The standard InChI is InChI=1S/C33H37N3O7S/c1-34(2)23-6-5-7-24(19-23)44(39,40)36-16-15-32-29-22-9-10-26(41-4)30(29)43-31(32)25(12-14-33(32,38)27(36)18-22)35(3)28(37)11-8-21-13-17-42-20-21/h5-11,13,17,19-20,25,27,31,38H,12,14-16,18H2,1-4H3/b11-8+/t25-,27-,31+,32+,33-/m1/s1. The molecule has 3 heterocycles. The molecule has 1 N–H and O–H groups in total. The van der Waals surface area contributed by atoms with Gasteiger partial charge in [0.05, 0.1) is 47.6 Å². The summed E-state index contributed by atoms with van der Waals surface area (Å²) in [7, 11) is 3.14. The third kappa shape index (κ3) is 3.92. The minimum absolute atomic E-state index is 0.196. The molecule has 11 heteroatoms. The zero-order chi connectivity index (χ0) is 31.0. The first-order valence-corrected chi connectivity index (χ1v) is 16.3. The van der Waals surface area contributed by atoms with Crippen molar-refractivity contribution >= 4 is 27.7 Å². The summed E-state index contributed by atoms with van der Waals surface area (Å²) >= 11 is 0. The van der Waals surface area contributed by atoms with Gasteiger partial charge in [-0.2, -0.15) is 4.31 Å². The van der Waals surface area contributed by atoms with Crippen molar-refractivity contribution in [1.29, 1.82) is 0 Å². The second-order valence-electron chi connectivity index (χ2n) is 12.5. The predicted octanol–water partition coefficient (Wildman–Crippen LogP) is 3.44. The van der Waals surface area contributed by atoms with E-state index in [4.69, 9.17) is 13.9 Å². The van der Waals surface area contributed by atoms with Gasteiger partial charge in [-0.05, 0) is 67.7 Å². The van der Waals surface area contributed by atoms with Crippen LogP contribution in [0.25, 0.3) is 6.08 Å². The van der Waals surface area contributed by atoms with E-state index in [0.717, 1.165) is 22.4 Å². The van der Waals surface area contributed by atoms with Crippen LogP contribution in [0.5, 0.6) is 11.5 Å². The highest BCUT2D eigenvalue weighted by molar-refractivity contribution is 7.89. The van der Waals surface area contributed by atoms with Crippen molar-refractivity contribution in [2.24, 2.45) is 0 Å². The summed E-state index contributed by atoms with van der Waals surface area (Å²) in [6.45, 7) is 0.211. The molecule has 2 aliphatic heterocycles. The van der Waals surface area contributed by atoms with Crippen molar-refractivity contribution in [2.75, 3.05) is 39.7 Å². The molecule has 3 aromatic rings. The molecule has 1 saturated carbocycles. The lowest BCUT2D eigenvalue weighted by Gasteiger charge is -2.64. The summed E-state index contributed by atoms with van der Waals surface area (Å²) in [5, 5.41) is 12.9. The van der Waals surface area contributed by atoms with Crippen molar-refractivity contribution in [3.05, 3.63) is 77.8 Å². The first-order chi connectivity index (χ1) is 21.0. The summed E-state index contributed by atoms with van der Waals surface area (Å²) in [4.78, 5) is 17.2. The molecule has 2 aromatic carbocycles. The Morgan fingerprint density at radius 3 is 2.70 bits per heavy atom. The Balaban J connectivity index is 1.31. The van der Waals surface area contributed by atoms with E-state index < -0.39 is 33.2 Å². The fraction of sp³-hybridized carbons (Fsp3) is 0.424. The van der Waals surface area contributed by atoms with Crippen LogP contribution in [0.15, 0.2) is 70.4 Å². The summed E-state index contributed by atoms with van der Waals surface area (Å²) in [6.07, 6.45) is 7.18. The molecular formula is C33H37N3O7S. The first kappa shape index (κ1) is 28.9. The lowest BCUT2D eigenvalue weighted by Crippen LogP contribution is -2.78. The smallest absolute Gasteiger partial charge is 0.246 e. The van der Waals surface area contributed by atoms with Crippen LogP contribution >= 0.6 is 0 Å². The van der Waals surface area contributed by atoms with Crippen LogP contribution < -0.4 is 14.4 Å². The molecule has 1 amide bonds. The van der Waals surface area contributed by atoms with Crippen LogP contribution in [0.4, 0.5) is 5.69 Å². The summed E-state index contributed by atoms with van der Waals surface area (Å²) in [5.74, 6) is 0.956. The highest BCUT2D eigenvalue weighted by atomic mass is 32.2. The van der Waals surface area contributed by atoms with Gasteiger partial charge in [0.2, 0.25) is 15.9 Å². The monoisotopic (exact) mass is 619 g/mol. The molecule has 1 spiro atoms. The molecule has 0 radical (unpaired) electrons. The maximum absolute atomic E-state index is 14.3. The number of hydrogen-bond acceptors (Lipinski definition) is 8. The average Bonchev–Trinajstić information content (AvgIpc) is 3.65. The number of anilines is 1. The van der Waals surface area contributed by atoms with E-state index in [9.17, 15) is 18.3 Å². The molecule has 2 fully saturated rings. The number of ether oxygens (including phenoxy) is 2. The van der Waals surface area contributed by atoms with Gasteiger partial charge in [-0.1, -0.05) is 12.1 Å². The van der Waals surface area contributed by atoms with E-state index in [2.05, 4.69) is 0 Å². The Morgan fingerprint density at radius 1 is 1.16 bits per heavy atom. The molecule has 1 aromatic heterocycles. The first-order valence-electron chi connectivity index (χ1n) is 14.9. The van der Waals surface area contributed by atoms with Crippen LogP contribution in [0.3, 0.4) is 0 Å². The number of amides is 1. The number of rotatable bonds is 7. The normalized spacial score (nSPS) is 28.8. The summed E-state index contributed by atoms with van der Waals surface area (Å²) < 4.78 is 47.7. The zero-order valence-corrected chi connectivity index (χ0v) is 26.1. The van der Waals surface area contributed by atoms with Gasteiger partial charge in [-0.3, -0.25) is 4.79 Å². The number of methoxy groups -OCH3 is 1. The van der Waals surface area contributed by atoms with E-state index in [1.54, 1.807) is 61.9 Å². The van der Waals surface area contributed by atoms with Crippen molar-refractivity contribution < 1.29 is 32.2 Å². The van der Waals surface area contributed by atoms with Crippen LogP contribution in [0, 0.1) is 0 Å². The predicted molar refractivity (Wildman–Crippen MR) is 164 cm³/mol. The fourth-order valence-electron chi connectivity index (χ4n) is 8.19. The maximum atomic E-state index is 14.3. The van der Waals surface area contributed by atoms with Gasteiger partial charge in [-0.15, -0.1) is 0 Å². The van der Waals surface area contributed by atoms with Crippen LogP contribution in [-0.4, -0.2) is 87.2 Å². The molecule has 232 valence electrons. The number of benzene rings is 2. The van der Waals surface area contributed by atoms with Crippen LogP contribution in [0.2, 0.25) is 0 Å². The molecule has 10 nitrogen and oxygen atoms in total. The molecule has 0 unspecified atom stereocenters. The second-order valence-corrected chi connectivity index (χ2v) is 14.4. The molecule has 4 aliphatic rings. The van der Waals surface area contributed by atoms with Gasteiger partial charge in [-0.25, -0.2) is 8.42 Å². The van der Waals surface area contributed by atoms with Gasteiger partial charge in [0, 0.05) is 50.6 Å². The number of sulfonamides is 1. The number of hydrogen-bond donors (Lipinski definition) is 1. The van der Waals surface area contributed by atoms with Crippen molar-refractivity contribution in [3.63, 3.8) is 0 Å². The topological polar surface area (TPSA) is 113 Å². The van der Waals surface area contributed by atoms with Gasteiger partial charge in [0.25, 0.3) is 0 Å². The number of aliphatic hydroxyl groups is 1. The van der Waals surface area contributed by atoms with Gasteiger partial charge in [0.1, 0.15) is 6.10 Å². The van der Waals surface area contributed by atoms with E-state index in [1.807, 2.05) is 37.2 Å². The number of nitrogens with zero attached hydrogens (tertiary/aromatic N) is 3. The van der Waals surface area contributed by atoms with Crippen molar-refractivity contribution in [3.8, 4) is 11.5 Å². The minimum atomic E-state index is -3.95. The number of furan rings is 1. The Bertz CT molecular complexity index is 1750. The number of piperidine rings is 1. The lowest BCUT2D eigenvalue weighted by molar-refractivity contribution is -0.186. The zero-order valence-electron chi connectivity index (χ0n) is 25.3. The van der Waals surface area contributed by atoms with E-state index in [1.165, 1.54) is 10.4 Å². The van der Waals surface area contributed by atoms with Crippen LogP contribution in [-0.2, 0) is 26.7 Å². The van der Waals surface area contributed by atoms with Crippen LogP contribution in [0.1, 0.15) is 36.0 Å². The molecule has 2 bridgehead atoms. The lowest BCUT2D eigenvalue weighted by atomic mass is 9.48. The SMILES string of the molecule is COc1ccc2c3c1O[C@H]1[C@H](N(C)C(=O)/C=C/c4ccoc4)CC[C@@]4(O)[C@@H](C2)N(S(=O)(=O)c2cccc(N(C)C)c2)CC[C@]314. The molecule has 44 heavy (non-hydrogen) atoms. The van der Waals surface area contributed by atoms with Gasteiger partial charge >= 0.3 is 0 Å². The number of carbonyl (C=O) groups is 1. The Morgan fingerprint density at radius 2 is 1.98 bits per heavy atom. The minimum Gasteiger partial charge on any atom is -0.493 e. The number of likely N-dealkylation sites (N-methyl/N-ethyl adjacent to an activating group) is 1. The fourth-order valence-corrected chi connectivity index (χ4v) is 9.90. The quantitative estimate of drug-likeness (QED) is 0.401. The molecule has 2 aliphatic carbocycles. The van der Waals surface area contributed by atoms with E-state index in [-0.39, 0.29) is 23.4 Å². The van der Waals surface area contributed by atoms with Gasteiger partial charge < -0.3 is 28.8 Å². The Hall–Kier alpha value is -3.80. The third-order valence-electron chi connectivity index (χ3n) is 10.3. The molecule has 1 saturated heterocycles. The second kappa shape index (κ2) is 10.1. The summed E-state index contributed by atoms with van der Waals surface area (Å²) in [5.41, 5.74) is 1.06. The highest BCUT2D eigenvalue weighted by Gasteiger charge is 2.74. The van der Waals surface area contributed by atoms with Gasteiger partial charge in [0.15, 0.2) is 11.5 Å². The van der Waals surface area contributed by atoms with Crippen molar-refractivity contribution in [1.82, 2.24) is 9.21 Å². The highest BCUT2D eigenvalue weighted by Crippen LogP contribution is 2.66. The molecule has 5 atom stereocenters. The average molecular weight is 620 g/mol. The van der Waals surface area contributed by atoms with E-state index >= 15 is 0 Å². The van der Waals surface area contributed by atoms with Crippen molar-refractivity contribution in [2.45, 2.75) is 59.8 Å². The summed E-state index contributed by atoms with van der Waals surface area (Å²) in [6, 6.07) is 11.4.